The molecule has 2 aromatic carbocycles. The van der Waals surface area contributed by atoms with Crippen molar-refractivity contribution >= 4 is 34.3 Å². The van der Waals surface area contributed by atoms with Gasteiger partial charge in [-0.2, -0.15) is 15.2 Å². The molecule has 0 saturated carbocycles. The van der Waals surface area contributed by atoms with Crippen LogP contribution in [0.15, 0.2) is 48.7 Å². The fourth-order valence-electron chi connectivity index (χ4n) is 6.10. The Morgan fingerprint density at radius 1 is 1.04 bits per heavy atom. The van der Waals surface area contributed by atoms with Gasteiger partial charge in [0.05, 0.1) is 57.7 Å². The highest BCUT2D eigenvalue weighted by atomic mass is 16.5. The van der Waals surface area contributed by atoms with Crippen LogP contribution in [0.1, 0.15) is 42.5 Å². The Morgan fingerprint density at radius 3 is 2.69 bits per heavy atom. The quantitative estimate of drug-likeness (QED) is 0.140. The number of nitrogens with one attached hydrogen (secondary N) is 2. The molecular weight excluding hydrogens is 624 g/mol. The van der Waals surface area contributed by atoms with Gasteiger partial charge in [-0.1, -0.05) is 23.4 Å². The van der Waals surface area contributed by atoms with E-state index >= 15 is 0 Å². The Labute approximate surface area is 286 Å². The van der Waals surface area contributed by atoms with Crippen molar-refractivity contribution in [2.75, 3.05) is 75.2 Å². The Kier molecular flexibility index (Phi) is 11.8. The number of carbonyl (C=O) groups is 1. The maximum absolute atomic E-state index is 11.2. The summed E-state index contributed by atoms with van der Waals surface area (Å²) < 4.78 is 17.5. The lowest BCUT2D eigenvalue weighted by Crippen LogP contribution is -2.39. The molecule has 2 fully saturated rings. The molecule has 2 aliphatic heterocycles. The van der Waals surface area contributed by atoms with E-state index < -0.39 is 0 Å². The smallest absolute Gasteiger partial charge is 0.307 e. The summed E-state index contributed by atoms with van der Waals surface area (Å²) in [7, 11) is 1.37. The third-order valence-corrected chi connectivity index (χ3v) is 8.80. The number of fused-ring (bicyclic) bond motifs is 1. The van der Waals surface area contributed by atoms with E-state index in [9.17, 15) is 10.1 Å². The molecule has 14 nitrogen and oxygen atoms in total. The zero-order chi connectivity index (χ0) is 33.8. The maximum Gasteiger partial charge on any atom is 0.307 e. The number of benzene rings is 2. The summed E-state index contributed by atoms with van der Waals surface area (Å²) in [4.78, 5) is 25.6. The predicted octanol–water partition coefficient (Wildman–Crippen LogP) is 3.59. The number of methoxy groups -OCH3 is 1. The molecule has 4 aromatic rings. The van der Waals surface area contributed by atoms with Crippen LogP contribution >= 0.6 is 0 Å². The van der Waals surface area contributed by atoms with Gasteiger partial charge in [0, 0.05) is 58.0 Å². The minimum absolute atomic E-state index is 0.251. The van der Waals surface area contributed by atoms with Gasteiger partial charge in [0.15, 0.2) is 0 Å². The van der Waals surface area contributed by atoms with E-state index in [2.05, 4.69) is 59.8 Å². The van der Waals surface area contributed by atoms with Gasteiger partial charge < -0.3 is 29.7 Å². The number of carbonyl (C=O) groups excluding carboxylic acids is 1. The molecule has 2 saturated heterocycles. The van der Waals surface area contributed by atoms with E-state index in [0.29, 0.717) is 57.1 Å². The summed E-state index contributed by atoms with van der Waals surface area (Å²) in [6.07, 6.45) is 4.92. The van der Waals surface area contributed by atoms with Crippen molar-refractivity contribution in [3.63, 3.8) is 0 Å². The van der Waals surface area contributed by atoms with Crippen molar-refractivity contribution in [1.82, 2.24) is 29.9 Å². The topological polar surface area (TPSA) is 156 Å². The fourth-order valence-corrected chi connectivity index (χ4v) is 6.10. The van der Waals surface area contributed by atoms with E-state index in [0.717, 1.165) is 80.1 Å². The molecule has 0 unspecified atom stereocenters. The Balaban J connectivity index is 1.02. The lowest BCUT2D eigenvalue weighted by atomic mass is 10.0. The first-order valence-corrected chi connectivity index (χ1v) is 17.0. The third-order valence-electron chi connectivity index (χ3n) is 8.80. The number of piperidine rings is 1. The van der Waals surface area contributed by atoms with Gasteiger partial charge in [-0.25, -0.2) is 0 Å². The average molecular weight is 669 g/mol. The highest BCUT2D eigenvalue weighted by Crippen LogP contribution is 2.24. The van der Waals surface area contributed by atoms with Crippen LogP contribution < -0.4 is 15.5 Å². The van der Waals surface area contributed by atoms with Crippen LogP contribution in [0.4, 0.5) is 17.6 Å². The van der Waals surface area contributed by atoms with Crippen LogP contribution in [0, 0.1) is 11.3 Å². The monoisotopic (exact) mass is 668 g/mol. The number of ether oxygens (including phenoxy) is 3. The Bertz CT molecular complexity index is 1730. The van der Waals surface area contributed by atoms with Gasteiger partial charge in [-0.15, -0.1) is 5.10 Å². The number of nitriles is 1. The van der Waals surface area contributed by atoms with Gasteiger partial charge in [0.1, 0.15) is 17.3 Å². The summed E-state index contributed by atoms with van der Waals surface area (Å²) >= 11 is 0. The normalized spacial score (nSPS) is 15.6. The number of hydrogen-bond acceptors (Lipinski definition) is 13. The highest BCUT2D eigenvalue weighted by molar-refractivity contribution is 5.84. The minimum atomic E-state index is -0.275. The lowest BCUT2D eigenvalue weighted by molar-refractivity contribution is -0.141. The van der Waals surface area contributed by atoms with Crippen LogP contribution in [0.2, 0.25) is 0 Å². The van der Waals surface area contributed by atoms with Gasteiger partial charge in [-0.3, -0.25) is 14.4 Å². The van der Waals surface area contributed by atoms with Crippen LogP contribution in [0.5, 0.6) is 0 Å². The number of nitrogens with zero attached hydrogens (tertiary/aromatic N) is 8. The van der Waals surface area contributed by atoms with Crippen molar-refractivity contribution in [2.45, 2.75) is 51.4 Å². The molecule has 0 amide bonds. The largest absolute Gasteiger partial charge is 0.469 e. The number of rotatable bonds is 15. The number of esters is 1. The SMILES string of the molecule is COC(=O)CCOCCCn1cc(CNc2nc(NC3CCN(Cc4ccc5ccc(C#N)cc5c4)CC3)cc(N3CCOCC3)n2)nn1. The van der Waals surface area contributed by atoms with Gasteiger partial charge in [-0.05, 0) is 53.8 Å². The molecule has 14 heteroatoms. The van der Waals surface area contributed by atoms with Crippen molar-refractivity contribution < 1.29 is 19.0 Å². The first-order valence-electron chi connectivity index (χ1n) is 17.0. The second-order valence-electron chi connectivity index (χ2n) is 12.4. The van der Waals surface area contributed by atoms with Crippen LogP contribution in [0.25, 0.3) is 10.8 Å². The Morgan fingerprint density at radius 2 is 1.88 bits per heavy atom. The van der Waals surface area contributed by atoms with Crippen molar-refractivity contribution in [3.8, 4) is 6.07 Å². The van der Waals surface area contributed by atoms with Crippen molar-refractivity contribution in [3.05, 3.63) is 65.5 Å². The van der Waals surface area contributed by atoms with E-state index in [1.807, 2.05) is 30.5 Å². The number of anilines is 3. The number of aromatic nitrogens is 5. The number of hydrogen-bond donors (Lipinski definition) is 2. The van der Waals surface area contributed by atoms with Crippen molar-refractivity contribution in [1.29, 1.82) is 5.26 Å². The van der Waals surface area contributed by atoms with Crippen LogP contribution in [0.3, 0.4) is 0 Å². The number of morpholine rings is 1. The summed E-state index contributed by atoms with van der Waals surface area (Å²) in [6.45, 7) is 7.72. The number of likely N-dealkylation sites (tertiary alicyclic amines) is 1. The second-order valence-corrected chi connectivity index (χ2v) is 12.4. The molecular formula is C35H44N10O4. The molecule has 0 spiro atoms. The standard InChI is InChI=1S/C35H44N10O4/c1-47-34(46)9-16-48-15-2-10-45-25-31(41-42-45)23-37-35-39-32(21-33(40-35)44-13-17-49-18-14-44)38-30-7-11-43(12-8-30)24-27-4-6-28-5-3-26(22-36)19-29(28)20-27/h3-6,19-21,25,30H,2,7-18,23-24H2,1H3,(H2,37,38,39,40). The third kappa shape index (κ3) is 9.85. The van der Waals surface area contributed by atoms with Gasteiger partial charge >= 0.3 is 5.97 Å². The Hall–Kier alpha value is -4.84. The summed E-state index contributed by atoms with van der Waals surface area (Å²) in [5, 5.41) is 27.1. The van der Waals surface area contributed by atoms with E-state index in [1.54, 1.807) is 4.68 Å². The molecule has 49 heavy (non-hydrogen) atoms. The fraction of sp³-hybridized carbons (Fsp3) is 0.486. The van der Waals surface area contributed by atoms with E-state index in [-0.39, 0.29) is 12.4 Å². The molecule has 2 N–H and O–H groups in total. The highest BCUT2D eigenvalue weighted by Gasteiger charge is 2.21. The first kappa shape index (κ1) is 34.0. The molecule has 0 bridgehead atoms. The molecule has 0 atom stereocenters. The molecule has 2 aliphatic rings. The minimum Gasteiger partial charge on any atom is -0.469 e. The van der Waals surface area contributed by atoms with E-state index in [1.165, 1.54) is 12.7 Å². The summed E-state index contributed by atoms with van der Waals surface area (Å²) in [5.74, 6) is 1.93. The lowest BCUT2D eigenvalue weighted by Gasteiger charge is -2.33. The molecule has 258 valence electrons. The zero-order valence-electron chi connectivity index (χ0n) is 28.0. The van der Waals surface area contributed by atoms with Gasteiger partial charge in [0.2, 0.25) is 5.95 Å². The predicted molar refractivity (Wildman–Crippen MR) is 185 cm³/mol. The molecule has 4 heterocycles. The van der Waals surface area contributed by atoms with Gasteiger partial charge in [0.25, 0.3) is 0 Å². The molecule has 6 rings (SSSR count). The summed E-state index contributed by atoms with van der Waals surface area (Å²) in [5.41, 5.74) is 2.73. The maximum atomic E-state index is 11.2. The summed E-state index contributed by atoms with van der Waals surface area (Å²) in [6, 6.07) is 17.0. The molecule has 0 aliphatic carbocycles. The second kappa shape index (κ2) is 17.0. The first-order chi connectivity index (χ1) is 24.0. The van der Waals surface area contributed by atoms with Crippen LogP contribution in [-0.2, 0) is 38.6 Å². The zero-order valence-corrected chi connectivity index (χ0v) is 28.0. The van der Waals surface area contributed by atoms with E-state index in [4.69, 9.17) is 19.4 Å². The average Bonchev–Trinajstić information content (AvgIpc) is 3.60. The van der Waals surface area contributed by atoms with Crippen molar-refractivity contribution in [2.24, 2.45) is 0 Å². The number of aryl methyl sites for hydroxylation is 1. The molecule has 2 aromatic heterocycles. The van der Waals surface area contributed by atoms with Crippen LogP contribution in [-0.4, -0.2) is 102 Å². The molecule has 0 radical (unpaired) electrons.